The molecule has 2 aliphatic rings. The number of carboxylic acids is 1. The minimum atomic E-state index is -0.594. The average molecular weight is 287 g/mol. The second-order valence-electron chi connectivity index (χ2n) is 6.61. The van der Waals surface area contributed by atoms with Crippen molar-refractivity contribution in [1.29, 1.82) is 0 Å². The molecule has 1 aromatic rings. The molecule has 114 valence electrons. The van der Waals surface area contributed by atoms with Crippen molar-refractivity contribution in [3.8, 4) is 0 Å². The van der Waals surface area contributed by atoms with Crippen LogP contribution in [0.25, 0.3) is 0 Å². The molecule has 1 N–H and O–H groups in total. The minimum absolute atomic E-state index is 0.129. The summed E-state index contributed by atoms with van der Waals surface area (Å²) in [5, 5.41) is 9.33. The standard InChI is InChI=1S/C18H25NO2/c20-18(21)16-7-4-8-17(16)19-11-9-15(10-12-19)13-14-5-2-1-3-6-14/h1-3,5-6,15-17H,4,7-13H2,(H,20,21). The monoisotopic (exact) mass is 287 g/mol. The summed E-state index contributed by atoms with van der Waals surface area (Å²) >= 11 is 0. The summed E-state index contributed by atoms with van der Waals surface area (Å²) in [6.45, 7) is 2.15. The molecule has 3 nitrogen and oxygen atoms in total. The molecule has 1 saturated carbocycles. The first kappa shape index (κ1) is 14.6. The fourth-order valence-electron chi connectivity index (χ4n) is 4.10. The number of hydrogen-bond donors (Lipinski definition) is 1. The van der Waals surface area contributed by atoms with Crippen molar-refractivity contribution < 1.29 is 9.90 Å². The Hall–Kier alpha value is -1.35. The molecule has 2 atom stereocenters. The predicted octanol–water partition coefficient (Wildman–Crippen LogP) is 3.19. The van der Waals surface area contributed by atoms with Crippen LogP contribution in [-0.4, -0.2) is 35.1 Å². The third-order valence-corrected chi connectivity index (χ3v) is 5.28. The summed E-state index contributed by atoms with van der Waals surface area (Å²) in [5.41, 5.74) is 1.43. The smallest absolute Gasteiger partial charge is 0.308 e. The second kappa shape index (κ2) is 6.61. The summed E-state index contributed by atoms with van der Waals surface area (Å²) in [6.07, 6.45) is 6.59. The first-order valence-corrected chi connectivity index (χ1v) is 8.25. The van der Waals surface area contributed by atoms with E-state index >= 15 is 0 Å². The van der Waals surface area contributed by atoms with Crippen LogP contribution in [0.1, 0.15) is 37.7 Å². The van der Waals surface area contributed by atoms with Crippen molar-refractivity contribution in [3.63, 3.8) is 0 Å². The highest BCUT2D eigenvalue weighted by atomic mass is 16.4. The largest absolute Gasteiger partial charge is 0.481 e. The van der Waals surface area contributed by atoms with Gasteiger partial charge < -0.3 is 5.11 Å². The normalized spacial score (nSPS) is 27.8. The number of hydrogen-bond acceptors (Lipinski definition) is 2. The molecule has 0 aromatic heterocycles. The van der Waals surface area contributed by atoms with Gasteiger partial charge in [0.2, 0.25) is 0 Å². The summed E-state index contributed by atoms with van der Waals surface area (Å²) in [7, 11) is 0. The van der Waals surface area contributed by atoms with Gasteiger partial charge in [0.25, 0.3) is 0 Å². The van der Waals surface area contributed by atoms with E-state index in [-0.39, 0.29) is 5.92 Å². The van der Waals surface area contributed by atoms with Crippen molar-refractivity contribution in [2.75, 3.05) is 13.1 Å². The summed E-state index contributed by atoms with van der Waals surface area (Å²) < 4.78 is 0. The van der Waals surface area contributed by atoms with Crippen molar-refractivity contribution >= 4 is 5.97 Å². The van der Waals surface area contributed by atoms with E-state index in [9.17, 15) is 9.90 Å². The van der Waals surface area contributed by atoms with Crippen LogP contribution >= 0.6 is 0 Å². The van der Waals surface area contributed by atoms with Gasteiger partial charge in [0.05, 0.1) is 5.92 Å². The first-order valence-electron chi connectivity index (χ1n) is 8.25. The zero-order valence-corrected chi connectivity index (χ0v) is 12.6. The first-order chi connectivity index (χ1) is 10.2. The summed E-state index contributed by atoms with van der Waals surface area (Å²) in [6, 6.07) is 11.0. The van der Waals surface area contributed by atoms with E-state index in [1.807, 2.05) is 0 Å². The van der Waals surface area contributed by atoms with Gasteiger partial charge in [-0.1, -0.05) is 36.8 Å². The van der Waals surface area contributed by atoms with Crippen LogP contribution in [-0.2, 0) is 11.2 Å². The Balaban J connectivity index is 1.52. The molecule has 0 amide bonds. The average Bonchev–Trinajstić information content (AvgIpc) is 2.99. The van der Waals surface area contributed by atoms with E-state index in [2.05, 4.69) is 35.2 Å². The topological polar surface area (TPSA) is 40.5 Å². The summed E-state index contributed by atoms with van der Waals surface area (Å²) in [5.74, 6) is 0.0351. The van der Waals surface area contributed by atoms with Gasteiger partial charge >= 0.3 is 5.97 Å². The Morgan fingerprint density at radius 2 is 1.81 bits per heavy atom. The Bertz CT molecular complexity index is 465. The Morgan fingerprint density at radius 3 is 2.48 bits per heavy atom. The van der Waals surface area contributed by atoms with Crippen molar-refractivity contribution in [2.45, 2.75) is 44.6 Å². The quantitative estimate of drug-likeness (QED) is 0.924. The van der Waals surface area contributed by atoms with Gasteiger partial charge in [0.1, 0.15) is 0 Å². The van der Waals surface area contributed by atoms with Crippen LogP contribution in [0.4, 0.5) is 0 Å². The predicted molar refractivity (Wildman–Crippen MR) is 83.2 cm³/mol. The van der Waals surface area contributed by atoms with E-state index < -0.39 is 5.97 Å². The fraction of sp³-hybridized carbons (Fsp3) is 0.611. The van der Waals surface area contributed by atoms with Crippen molar-refractivity contribution in [3.05, 3.63) is 35.9 Å². The van der Waals surface area contributed by atoms with Crippen LogP contribution in [0, 0.1) is 11.8 Å². The molecule has 3 heteroatoms. The summed E-state index contributed by atoms with van der Waals surface area (Å²) in [4.78, 5) is 13.8. The van der Waals surface area contributed by atoms with Crippen LogP contribution in [0.3, 0.4) is 0 Å². The number of carboxylic acid groups (broad SMARTS) is 1. The SMILES string of the molecule is O=C(O)C1CCCC1N1CCC(Cc2ccccc2)CC1. The van der Waals surface area contributed by atoms with Gasteiger partial charge in [-0.15, -0.1) is 0 Å². The van der Waals surface area contributed by atoms with Crippen LogP contribution < -0.4 is 0 Å². The molecule has 1 aliphatic carbocycles. The molecule has 1 aliphatic heterocycles. The van der Waals surface area contributed by atoms with Gasteiger partial charge in [-0.25, -0.2) is 0 Å². The molecule has 3 rings (SSSR count). The lowest BCUT2D eigenvalue weighted by atomic mass is 9.88. The number of likely N-dealkylation sites (tertiary alicyclic amines) is 1. The van der Waals surface area contributed by atoms with Crippen molar-refractivity contribution in [1.82, 2.24) is 4.90 Å². The second-order valence-corrected chi connectivity index (χ2v) is 6.61. The third kappa shape index (κ3) is 3.46. The molecule has 2 fully saturated rings. The number of nitrogens with zero attached hydrogens (tertiary/aromatic N) is 1. The van der Waals surface area contributed by atoms with E-state index in [0.29, 0.717) is 6.04 Å². The fourth-order valence-corrected chi connectivity index (χ4v) is 4.10. The van der Waals surface area contributed by atoms with E-state index in [1.165, 1.54) is 24.8 Å². The highest BCUT2D eigenvalue weighted by molar-refractivity contribution is 5.71. The lowest BCUT2D eigenvalue weighted by Crippen LogP contribution is -2.45. The Kier molecular flexibility index (Phi) is 4.59. The third-order valence-electron chi connectivity index (χ3n) is 5.28. The van der Waals surface area contributed by atoms with E-state index in [0.717, 1.165) is 38.3 Å². The van der Waals surface area contributed by atoms with E-state index in [4.69, 9.17) is 0 Å². The number of benzene rings is 1. The van der Waals surface area contributed by atoms with Gasteiger partial charge in [-0.05, 0) is 56.7 Å². The molecule has 21 heavy (non-hydrogen) atoms. The molecule has 1 heterocycles. The molecule has 1 saturated heterocycles. The number of piperidine rings is 1. The zero-order chi connectivity index (χ0) is 14.7. The number of rotatable bonds is 4. The van der Waals surface area contributed by atoms with E-state index in [1.54, 1.807) is 0 Å². The van der Waals surface area contributed by atoms with Gasteiger partial charge in [-0.3, -0.25) is 9.69 Å². The number of carbonyl (C=O) groups is 1. The van der Waals surface area contributed by atoms with Gasteiger partial charge in [0.15, 0.2) is 0 Å². The van der Waals surface area contributed by atoms with Gasteiger partial charge in [-0.2, -0.15) is 0 Å². The highest BCUT2D eigenvalue weighted by Gasteiger charge is 2.37. The molecule has 2 unspecified atom stereocenters. The Labute approximate surface area is 127 Å². The molecular formula is C18H25NO2. The van der Waals surface area contributed by atoms with Crippen LogP contribution in [0.5, 0.6) is 0 Å². The molecule has 0 radical (unpaired) electrons. The van der Waals surface area contributed by atoms with Crippen LogP contribution in [0.15, 0.2) is 30.3 Å². The lowest BCUT2D eigenvalue weighted by Gasteiger charge is -2.37. The highest BCUT2D eigenvalue weighted by Crippen LogP contribution is 2.33. The van der Waals surface area contributed by atoms with Crippen LogP contribution in [0.2, 0.25) is 0 Å². The Morgan fingerprint density at radius 1 is 1.10 bits per heavy atom. The number of aliphatic carboxylic acids is 1. The zero-order valence-electron chi connectivity index (χ0n) is 12.6. The van der Waals surface area contributed by atoms with Crippen molar-refractivity contribution in [2.24, 2.45) is 11.8 Å². The molecule has 1 aromatic carbocycles. The maximum atomic E-state index is 11.3. The van der Waals surface area contributed by atoms with Gasteiger partial charge in [0, 0.05) is 6.04 Å². The maximum Gasteiger partial charge on any atom is 0.308 e. The molecule has 0 spiro atoms. The minimum Gasteiger partial charge on any atom is -0.481 e. The lowest BCUT2D eigenvalue weighted by molar-refractivity contribution is -0.143. The molecule has 0 bridgehead atoms. The molecular weight excluding hydrogens is 262 g/mol. The maximum absolute atomic E-state index is 11.3.